The van der Waals surface area contributed by atoms with Crippen molar-refractivity contribution in [1.29, 1.82) is 0 Å². The minimum Gasteiger partial charge on any atom is -0.0884 e. The smallest absolute Gasteiger partial charge is 0.0214 e. The van der Waals surface area contributed by atoms with Crippen molar-refractivity contribution in [3.63, 3.8) is 0 Å². The van der Waals surface area contributed by atoms with Crippen molar-refractivity contribution in [3.05, 3.63) is 48.0 Å². The maximum Gasteiger partial charge on any atom is 0.0214 e. The molecule has 1 heteroatoms. The second-order valence-electron chi connectivity index (χ2n) is 6.39. The first-order chi connectivity index (χ1) is 9.29. The largest absolute Gasteiger partial charge is 0.0884 e. The lowest BCUT2D eigenvalue weighted by molar-refractivity contribution is 0.471. The van der Waals surface area contributed by atoms with E-state index in [1.54, 1.807) is 0 Å². The molecular formula is C18H19Br. The summed E-state index contributed by atoms with van der Waals surface area (Å²) in [6.07, 6.45) is 5.63. The first kappa shape index (κ1) is 12.0. The fourth-order valence-electron chi connectivity index (χ4n) is 3.81. The molecule has 0 bridgehead atoms. The molecule has 3 unspecified atom stereocenters. The molecule has 2 saturated carbocycles. The van der Waals surface area contributed by atoms with E-state index in [0.717, 1.165) is 17.8 Å². The van der Waals surface area contributed by atoms with Crippen molar-refractivity contribution < 1.29 is 0 Å². The molecule has 19 heavy (non-hydrogen) atoms. The standard InChI is InChI=1S/C18H19Br/c19-18(17-10-15-9-16(15)11-17)8-12-5-6-13-3-1-2-4-14(13)7-12/h1-7,15-18H,8-11H2. The zero-order valence-electron chi connectivity index (χ0n) is 11.1. The Labute approximate surface area is 123 Å². The quantitative estimate of drug-likeness (QED) is 0.684. The van der Waals surface area contributed by atoms with Crippen molar-refractivity contribution in [3.8, 4) is 0 Å². The predicted molar refractivity (Wildman–Crippen MR) is 84.7 cm³/mol. The molecule has 0 N–H and O–H groups in total. The van der Waals surface area contributed by atoms with Gasteiger partial charge in [-0.15, -0.1) is 0 Å². The molecule has 0 aromatic heterocycles. The first-order valence-electron chi connectivity index (χ1n) is 7.41. The summed E-state index contributed by atoms with van der Waals surface area (Å²) < 4.78 is 0. The Kier molecular flexibility index (Phi) is 2.91. The lowest BCUT2D eigenvalue weighted by Crippen LogP contribution is -2.15. The summed E-state index contributed by atoms with van der Waals surface area (Å²) in [5, 5.41) is 2.72. The van der Waals surface area contributed by atoms with E-state index in [4.69, 9.17) is 0 Å². The molecule has 0 spiro atoms. The highest BCUT2D eigenvalue weighted by Gasteiger charge is 2.47. The number of rotatable bonds is 3. The number of halogens is 1. The third-order valence-corrected chi connectivity index (χ3v) is 6.11. The van der Waals surface area contributed by atoms with Gasteiger partial charge in [0, 0.05) is 4.83 Å². The highest BCUT2D eigenvalue weighted by molar-refractivity contribution is 9.09. The number of hydrogen-bond acceptors (Lipinski definition) is 0. The molecule has 2 aliphatic carbocycles. The molecule has 0 amide bonds. The van der Waals surface area contributed by atoms with Crippen LogP contribution >= 0.6 is 15.9 Å². The Morgan fingerprint density at radius 1 is 0.947 bits per heavy atom. The maximum absolute atomic E-state index is 3.95. The third-order valence-electron chi connectivity index (χ3n) is 5.04. The van der Waals surface area contributed by atoms with Crippen molar-refractivity contribution >= 4 is 26.7 Å². The van der Waals surface area contributed by atoms with Gasteiger partial charge in [0.15, 0.2) is 0 Å². The predicted octanol–water partition coefficient (Wildman–Crippen LogP) is 5.19. The summed E-state index contributed by atoms with van der Waals surface area (Å²) in [4.78, 5) is 0.668. The van der Waals surface area contributed by atoms with Gasteiger partial charge in [0.05, 0.1) is 0 Å². The molecular weight excluding hydrogens is 296 g/mol. The van der Waals surface area contributed by atoms with Gasteiger partial charge in [-0.1, -0.05) is 58.4 Å². The van der Waals surface area contributed by atoms with E-state index in [-0.39, 0.29) is 0 Å². The van der Waals surface area contributed by atoms with Crippen LogP contribution in [0, 0.1) is 17.8 Å². The minimum absolute atomic E-state index is 0.668. The molecule has 0 nitrogen and oxygen atoms in total. The zero-order valence-corrected chi connectivity index (χ0v) is 12.6. The lowest BCUT2D eigenvalue weighted by atomic mass is 9.94. The molecule has 4 rings (SSSR count). The summed E-state index contributed by atoms with van der Waals surface area (Å²) in [6.45, 7) is 0. The van der Waals surface area contributed by atoms with Gasteiger partial charge in [0.1, 0.15) is 0 Å². The van der Waals surface area contributed by atoms with Crippen LogP contribution in [0.2, 0.25) is 0 Å². The van der Waals surface area contributed by atoms with Crippen LogP contribution in [0.15, 0.2) is 42.5 Å². The van der Waals surface area contributed by atoms with E-state index < -0.39 is 0 Å². The number of fused-ring (bicyclic) bond motifs is 2. The van der Waals surface area contributed by atoms with Crippen molar-refractivity contribution in [2.45, 2.75) is 30.5 Å². The van der Waals surface area contributed by atoms with Crippen LogP contribution in [0.25, 0.3) is 10.8 Å². The third kappa shape index (κ3) is 2.33. The van der Waals surface area contributed by atoms with Gasteiger partial charge in [-0.05, 0) is 59.8 Å². The van der Waals surface area contributed by atoms with E-state index >= 15 is 0 Å². The molecule has 2 aliphatic rings. The topological polar surface area (TPSA) is 0 Å². The van der Waals surface area contributed by atoms with Crippen LogP contribution in [0.5, 0.6) is 0 Å². The maximum atomic E-state index is 3.95. The lowest BCUT2D eigenvalue weighted by Gasteiger charge is -2.19. The van der Waals surface area contributed by atoms with Gasteiger partial charge in [-0.3, -0.25) is 0 Å². The fraction of sp³-hybridized carbons (Fsp3) is 0.444. The Morgan fingerprint density at radius 2 is 1.68 bits per heavy atom. The highest BCUT2D eigenvalue weighted by atomic mass is 79.9. The monoisotopic (exact) mass is 314 g/mol. The Bertz CT molecular complexity index is 593. The van der Waals surface area contributed by atoms with E-state index in [1.165, 1.54) is 42.0 Å². The van der Waals surface area contributed by atoms with Gasteiger partial charge >= 0.3 is 0 Å². The molecule has 2 aromatic carbocycles. The van der Waals surface area contributed by atoms with Gasteiger partial charge in [0.25, 0.3) is 0 Å². The second kappa shape index (κ2) is 4.63. The summed E-state index contributed by atoms with van der Waals surface area (Å²) in [7, 11) is 0. The number of benzene rings is 2. The molecule has 0 aliphatic heterocycles. The van der Waals surface area contributed by atoms with Crippen LogP contribution in [-0.4, -0.2) is 4.83 Å². The molecule has 2 aromatic rings. The Balaban J connectivity index is 1.51. The molecule has 0 saturated heterocycles. The van der Waals surface area contributed by atoms with E-state index in [1.807, 2.05) is 0 Å². The molecule has 0 radical (unpaired) electrons. The fourth-order valence-corrected chi connectivity index (χ4v) is 4.62. The van der Waals surface area contributed by atoms with Gasteiger partial charge < -0.3 is 0 Å². The average Bonchev–Trinajstić information content (AvgIpc) is 3.05. The number of alkyl halides is 1. The summed E-state index contributed by atoms with van der Waals surface area (Å²) >= 11 is 3.95. The second-order valence-corrected chi connectivity index (χ2v) is 7.57. The Hall–Kier alpha value is -0.820. The summed E-state index contributed by atoms with van der Waals surface area (Å²) in [5.41, 5.74) is 1.47. The van der Waals surface area contributed by atoms with Crippen LogP contribution in [-0.2, 0) is 6.42 Å². The Morgan fingerprint density at radius 3 is 2.47 bits per heavy atom. The minimum atomic E-state index is 0.668. The van der Waals surface area contributed by atoms with Gasteiger partial charge in [-0.25, -0.2) is 0 Å². The molecule has 98 valence electrons. The van der Waals surface area contributed by atoms with Crippen LogP contribution in [0.1, 0.15) is 24.8 Å². The molecule has 2 fully saturated rings. The summed E-state index contributed by atoms with van der Waals surface area (Å²) in [6, 6.07) is 15.6. The molecule has 0 heterocycles. The van der Waals surface area contributed by atoms with Crippen molar-refractivity contribution in [2.24, 2.45) is 17.8 Å². The van der Waals surface area contributed by atoms with E-state index in [0.29, 0.717) is 4.83 Å². The van der Waals surface area contributed by atoms with E-state index in [2.05, 4.69) is 58.4 Å². The first-order valence-corrected chi connectivity index (χ1v) is 8.33. The normalized spacial score (nSPS) is 30.3. The van der Waals surface area contributed by atoms with Crippen LogP contribution in [0.3, 0.4) is 0 Å². The van der Waals surface area contributed by atoms with Crippen molar-refractivity contribution in [2.75, 3.05) is 0 Å². The highest BCUT2D eigenvalue weighted by Crippen LogP contribution is 2.56. The van der Waals surface area contributed by atoms with Gasteiger partial charge in [-0.2, -0.15) is 0 Å². The van der Waals surface area contributed by atoms with Crippen molar-refractivity contribution in [1.82, 2.24) is 0 Å². The molecule has 3 atom stereocenters. The van der Waals surface area contributed by atoms with E-state index in [9.17, 15) is 0 Å². The number of hydrogen-bond donors (Lipinski definition) is 0. The summed E-state index contributed by atoms with van der Waals surface area (Å²) in [5.74, 6) is 3.08. The van der Waals surface area contributed by atoms with Gasteiger partial charge in [0.2, 0.25) is 0 Å². The average molecular weight is 315 g/mol. The SMILES string of the molecule is BrC(Cc1ccc2ccccc2c1)C1CC2CC2C1. The zero-order chi connectivity index (χ0) is 12.8. The van der Waals surface area contributed by atoms with Crippen LogP contribution < -0.4 is 0 Å². The van der Waals surface area contributed by atoms with Crippen LogP contribution in [0.4, 0.5) is 0 Å².